The highest BCUT2D eigenvalue weighted by molar-refractivity contribution is 8.26. The van der Waals surface area contributed by atoms with Gasteiger partial charge >= 0.3 is 5.97 Å². The van der Waals surface area contributed by atoms with Crippen molar-refractivity contribution in [1.29, 1.82) is 5.26 Å². The molecule has 1 atom stereocenters. The smallest absolute Gasteiger partial charge is 0.310 e. The fourth-order valence-corrected chi connectivity index (χ4v) is 6.93. The Kier molecular flexibility index (Phi) is 11.1. The van der Waals surface area contributed by atoms with Crippen molar-refractivity contribution in [2.45, 2.75) is 53.0 Å². The number of pyridine rings is 1. The Hall–Kier alpha value is -3.82. The van der Waals surface area contributed by atoms with E-state index in [1.165, 1.54) is 11.8 Å². The van der Waals surface area contributed by atoms with E-state index < -0.39 is 0 Å². The minimum Gasteiger partial charge on any atom is -0.493 e. The molecule has 0 spiro atoms. The van der Waals surface area contributed by atoms with Crippen LogP contribution in [-0.2, 0) is 27.3 Å². The second-order valence-electron chi connectivity index (χ2n) is 10.6. The number of ether oxygens (including phenoxy) is 3. The normalized spacial score (nSPS) is 17.6. The Bertz CT molecular complexity index is 1580. The number of carbonyl (C=O) groups is 2. The first-order chi connectivity index (χ1) is 21.2. The van der Waals surface area contributed by atoms with E-state index in [1.807, 2.05) is 30.0 Å². The van der Waals surface area contributed by atoms with Crippen molar-refractivity contribution >= 4 is 52.1 Å². The topological polar surface area (TPSA) is 114 Å². The monoisotopic (exact) mass is 638 g/mol. The maximum absolute atomic E-state index is 13.7. The summed E-state index contributed by atoms with van der Waals surface area (Å²) in [4.78, 5) is 43.9. The number of piperidine rings is 1. The molecule has 2 fully saturated rings. The van der Waals surface area contributed by atoms with E-state index in [1.54, 1.807) is 43.6 Å². The van der Waals surface area contributed by atoms with Crippen molar-refractivity contribution in [2.24, 2.45) is 5.92 Å². The predicted octanol–water partition coefficient (Wildman–Crippen LogP) is 4.68. The molecule has 4 rings (SSSR count). The summed E-state index contributed by atoms with van der Waals surface area (Å²) in [6.45, 7) is 7.53. The lowest BCUT2D eigenvalue weighted by atomic mass is 9.96. The second kappa shape index (κ2) is 14.8. The van der Waals surface area contributed by atoms with E-state index >= 15 is 0 Å². The summed E-state index contributed by atoms with van der Waals surface area (Å²) < 4.78 is 18.1. The molecule has 0 saturated carbocycles. The quantitative estimate of drug-likeness (QED) is 0.195. The maximum atomic E-state index is 13.7. The van der Waals surface area contributed by atoms with Crippen LogP contribution in [0.4, 0.5) is 5.82 Å². The summed E-state index contributed by atoms with van der Waals surface area (Å²) in [5.74, 6) is 1.01. The second-order valence-corrected chi connectivity index (χ2v) is 12.3. The number of hydrogen-bond donors (Lipinski definition) is 0. The first kappa shape index (κ1) is 33.1. The minimum absolute atomic E-state index is 0.0383. The molecule has 3 heterocycles. The van der Waals surface area contributed by atoms with Crippen molar-refractivity contribution in [2.75, 3.05) is 45.4 Å². The van der Waals surface area contributed by atoms with E-state index in [-0.39, 0.29) is 28.9 Å². The van der Waals surface area contributed by atoms with E-state index in [2.05, 4.69) is 6.07 Å². The lowest BCUT2D eigenvalue weighted by Crippen LogP contribution is -2.43. The van der Waals surface area contributed by atoms with Crippen LogP contribution in [-0.4, -0.2) is 66.1 Å². The third-order valence-corrected chi connectivity index (χ3v) is 9.23. The minimum atomic E-state index is -0.375. The summed E-state index contributed by atoms with van der Waals surface area (Å²) in [6.07, 6.45) is 4.39. The molecule has 0 radical (unpaired) electrons. The summed E-state index contributed by atoms with van der Waals surface area (Å²) >= 11 is 6.82. The molecule has 44 heavy (non-hydrogen) atoms. The van der Waals surface area contributed by atoms with Crippen LogP contribution in [0.15, 0.2) is 27.9 Å². The zero-order chi connectivity index (χ0) is 32.0. The summed E-state index contributed by atoms with van der Waals surface area (Å²) in [5.41, 5.74) is 1.73. The number of rotatable bonds is 11. The molecule has 2 saturated heterocycles. The zero-order valence-electron chi connectivity index (χ0n) is 25.8. The number of aromatic nitrogens is 1. The highest BCUT2D eigenvalue weighted by Gasteiger charge is 2.34. The number of nitriles is 1. The standard InChI is InChI=1S/C32H38N4O6S2/c1-6-13-35-28(34-14-8-9-22(19-34)31(39)42-7-2)23(20(3)24(18-33)29(35)37)17-27-30(38)36(32(43)44-27)15-12-21-10-11-25(40-4)26(16-21)41-5/h10-11,16-17,22H,6-9,12-15,19H2,1-5H3/b27-17-. The molecule has 234 valence electrons. The Balaban J connectivity index is 1.72. The van der Waals surface area contributed by atoms with Gasteiger partial charge in [0.15, 0.2) is 11.5 Å². The van der Waals surface area contributed by atoms with Crippen LogP contribution < -0.4 is 19.9 Å². The third-order valence-electron chi connectivity index (χ3n) is 7.86. The molecular formula is C32H38N4O6S2. The van der Waals surface area contributed by atoms with Crippen molar-refractivity contribution in [3.8, 4) is 17.6 Å². The number of benzene rings is 1. The van der Waals surface area contributed by atoms with Crippen molar-refractivity contribution in [3.05, 3.63) is 55.7 Å². The van der Waals surface area contributed by atoms with Crippen LogP contribution >= 0.6 is 24.0 Å². The zero-order valence-corrected chi connectivity index (χ0v) is 27.4. The Morgan fingerprint density at radius 1 is 1.18 bits per heavy atom. The third kappa shape index (κ3) is 6.79. The number of anilines is 1. The summed E-state index contributed by atoms with van der Waals surface area (Å²) in [7, 11) is 3.15. The molecule has 2 aliphatic rings. The van der Waals surface area contributed by atoms with E-state index in [9.17, 15) is 19.6 Å². The first-order valence-corrected chi connectivity index (χ1v) is 16.0. The fourth-order valence-electron chi connectivity index (χ4n) is 5.64. The van der Waals surface area contributed by atoms with Gasteiger partial charge in [-0.25, -0.2) is 0 Å². The van der Waals surface area contributed by atoms with Crippen LogP contribution in [0.25, 0.3) is 6.08 Å². The highest BCUT2D eigenvalue weighted by atomic mass is 32.2. The highest BCUT2D eigenvalue weighted by Crippen LogP contribution is 2.37. The molecule has 1 aromatic heterocycles. The van der Waals surface area contributed by atoms with Crippen LogP contribution in [0.3, 0.4) is 0 Å². The van der Waals surface area contributed by atoms with Gasteiger partial charge in [-0.1, -0.05) is 37.0 Å². The number of thiocarbonyl (C=S) groups is 1. The van der Waals surface area contributed by atoms with Crippen LogP contribution in [0.1, 0.15) is 55.4 Å². The molecule has 1 amide bonds. The largest absolute Gasteiger partial charge is 0.493 e. The number of methoxy groups -OCH3 is 2. The average molecular weight is 639 g/mol. The summed E-state index contributed by atoms with van der Waals surface area (Å²) in [6, 6.07) is 7.71. The van der Waals surface area contributed by atoms with E-state index in [0.717, 1.165) is 12.0 Å². The van der Waals surface area contributed by atoms with Gasteiger partial charge in [-0.2, -0.15) is 5.26 Å². The lowest BCUT2D eigenvalue weighted by molar-refractivity contribution is -0.148. The van der Waals surface area contributed by atoms with Crippen LogP contribution in [0, 0.1) is 24.2 Å². The lowest BCUT2D eigenvalue weighted by Gasteiger charge is -2.36. The molecular weight excluding hydrogens is 601 g/mol. The van der Waals surface area contributed by atoms with Crippen LogP contribution in [0.5, 0.6) is 11.5 Å². The average Bonchev–Trinajstić information content (AvgIpc) is 3.29. The first-order valence-electron chi connectivity index (χ1n) is 14.7. The Morgan fingerprint density at radius 3 is 2.59 bits per heavy atom. The molecule has 0 N–H and O–H groups in total. The van der Waals surface area contributed by atoms with Gasteiger partial charge in [-0.05, 0) is 68.9 Å². The number of carbonyl (C=O) groups excluding carboxylic acids is 2. The van der Waals surface area contributed by atoms with E-state index in [0.29, 0.717) is 89.7 Å². The van der Waals surface area contributed by atoms with Gasteiger partial charge in [0.1, 0.15) is 21.8 Å². The maximum Gasteiger partial charge on any atom is 0.310 e. The van der Waals surface area contributed by atoms with Gasteiger partial charge in [0, 0.05) is 31.7 Å². The van der Waals surface area contributed by atoms with Gasteiger partial charge in [-0.3, -0.25) is 23.9 Å². The fraction of sp³-hybridized carbons (Fsp3) is 0.469. The molecule has 0 bridgehead atoms. The number of hydrogen-bond acceptors (Lipinski definition) is 10. The van der Waals surface area contributed by atoms with Crippen molar-refractivity contribution in [1.82, 2.24) is 9.47 Å². The molecule has 10 nitrogen and oxygen atoms in total. The molecule has 1 unspecified atom stereocenters. The Labute approximate surface area is 267 Å². The number of esters is 1. The van der Waals surface area contributed by atoms with Gasteiger partial charge in [-0.15, -0.1) is 0 Å². The molecule has 0 aliphatic carbocycles. The molecule has 12 heteroatoms. The van der Waals surface area contributed by atoms with E-state index in [4.69, 9.17) is 26.4 Å². The van der Waals surface area contributed by atoms with Crippen molar-refractivity contribution < 1.29 is 23.8 Å². The Morgan fingerprint density at radius 2 is 1.93 bits per heavy atom. The van der Waals surface area contributed by atoms with Crippen molar-refractivity contribution in [3.63, 3.8) is 0 Å². The predicted molar refractivity (Wildman–Crippen MR) is 175 cm³/mol. The number of thioether (sulfide) groups is 1. The number of nitrogens with zero attached hydrogens (tertiary/aromatic N) is 4. The molecule has 2 aliphatic heterocycles. The number of amides is 1. The van der Waals surface area contributed by atoms with Crippen LogP contribution in [0.2, 0.25) is 0 Å². The SMILES string of the molecule is CCCn1c(N2CCCC(C(=O)OCC)C2)c(/C=C2\SC(=S)N(CCc3ccc(OC)c(OC)c3)C2=O)c(C)c(C#N)c1=O. The molecule has 1 aromatic carbocycles. The van der Waals surface area contributed by atoms with Gasteiger partial charge in [0.05, 0.1) is 31.6 Å². The summed E-state index contributed by atoms with van der Waals surface area (Å²) in [5, 5.41) is 9.96. The van der Waals surface area contributed by atoms with Gasteiger partial charge in [0.2, 0.25) is 0 Å². The molecule has 2 aromatic rings. The van der Waals surface area contributed by atoms with Gasteiger partial charge in [0.25, 0.3) is 11.5 Å². The van der Waals surface area contributed by atoms with Gasteiger partial charge < -0.3 is 19.1 Å².